The molecule has 3 rings (SSSR count). The molecule has 0 saturated carbocycles. The molecule has 0 unspecified atom stereocenters. The van der Waals surface area contributed by atoms with E-state index in [4.69, 9.17) is 4.74 Å². The molecule has 4 nitrogen and oxygen atoms in total. The maximum atomic E-state index is 13.5. The maximum Gasteiger partial charge on any atom is 0.310 e. The minimum Gasteiger partial charge on any atom is -0.455 e. The first kappa shape index (κ1) is 16.6. The summed E-state index contributed by atoms with van der Waals surface area (Å²) >= 11 is 0. The van der Waals surface area contributed by atoms with Crippen molar-refractivity contribution < 1.29 is 18.7 Å². The van der Waals surface area contributed by atoms with E-state index in [0.717, 1.165) is 10.8 Å². The number of amides is 1. The van der Waals surface area contributed by atoms with Crippen molar-refractivity contribution in [2.24, 2.45) is 0 Å². The second-order valence-electron chi connectivity index (χ2n) is 5.54. The molecule has 126 valence electrons. The molecule has 1 amide bonds. The van der Waals surface area contributed by atoms with Gasteiger partial charge in [0.15, 0.2) is 6.61 Å². The van der Waals surface area contributed by atoms with Gasteiger partial charge in [-0.25, -0.2) is 4.39 Å². The van der Waals surface area contributed by atoms with Crippen LogP contribution in [0.2, 0.25) is 0 Å². The second-order valence-corrected chi connectivity index (χ2v) is 5.54. The third kappa shape index (κ3) is 4.41. The van der Waals surface area contributed by atoms with E-state index < -0.39 is 24.3 Å². The lowest BCUT2D eigenvalue weighted by atomic mass is 10.1. The molecule has 0 spiro atoms. The molecule has 0 heterocycles. The smallest absolute Gasteiger partial charge is 0.310 e. The van der Waals surface area contributed by atoms with Crippen LogP contribution >= 0.6 is 0 Å². The van der Waals surface area contributed by atoms with Gasteiger partial charge in [0.05, 0.1) is 6.42 Å². The van der Waals surface area contributed by atoms with Crippen LogP contribution in [-0.4, -0.2) is 18.5 Å². The average molecular weight is 337 g/mol. The first-order valence-electron chi connectivity index (χ1n) is 7.79. The molecule has 1 N–H and O–H groups in total. The number of rotatable bonds is 5. The van der Waals surface area contributed by atoms with Crippen molar-refractivity contribution in [3.05, 3.63) is 78.1 Å². The summed E-state index contributed by atoms with van der Waals surface area (Å²) in [5, 5.41) is 4.74. The van der Waals surface area contributed by atoms with Crippen molar-refractivity contribution in [1.29, 1.82) is 0 Å². The molecule has 0 aromatic heterocycles. The summed E-state index contributed by atoms with van der Waals surface area (Å²) in [6, 6.07) is 19.3. The van der Waals surface area contributed by atoms with Gasteiger partial charge in [-0.3, -0.25) is 9.59 Å². The molecule has 3 aromatic rings. The van der Waals surface area contributed by atoms with Gasteiger partial charge in [-0.05, 0) is 34.5 Å². The van der Waals surface area contributed by atoms with Gasteiger partial charge < -0.3 is 10.1 Å². The van der Waals surface area contributed by atoms with Gasteiger partial charge in [-0.2, -0.15) is 0 Å². The zero-order chi connectivity index (χ0) is 17.6. The fourth-order valence-corrected chi connectivity index (χ4v) is 2.46. The van der Waals surface area contributed by atoms with Crippen LogP contribution in [0.3, 0.4) is 0 Å². The summed E-state index contributed by atoms with van der Waals surface area (Å²) in [5.41, 5.74) is 0.858. The van der Waals surface area contributed by atoms with Crippen molar-refractivity contribution in [3.63, 3.8) is 0 Å². The highest BCUT2D eigenvalue weighted by Crippen LogP contribution is 2.18. The number of hydrogen-bond donors (Lipinski definition) is 1. The molecular weight excluding hydrogens is 321 g/mol. The van der Waals surface area contributed by atoms with Crippen LogP contribution in [0.15, 0.2) is 66.7 Å². The van der Waals surface area contributed by atoms with E-state index in [9.17, 15) is 14.0 Å². The van der Waals surface area contributed by atoms with Gasteiger partial charge in [0.25, 0.3) is 5.91 Å². The summed E-state index contributed by atoms with van der Waals surface area (Å²) in [4.78, 5) is 23.6. The third-order valence-corrected chi connectivity index (χ3v) is 3.69. The van der Waals surface area contributed by atoms with Crippen molar-refractivity contribution >= 4 is 28.3 Å². The Morgan fingerprint density at radius 2 is 1.64 bits per heavy atom. The average Bonchev–Trinajstić information content (AvgIpc) is 2.62. The molecule has 25 heavy (non-hydrogen) atoms. The van der Waals surface area contributed by atoms with Gasteiger partial charge in [-0.15, -0.1) is 0 Å². The van der Waals surface area contributed by atoms with E-state index in [0.29, 0.717) is 5.69 Å². The normalized spacial score (nSPS) is 10.4. The summed E-state index contributed by atoms with van der Waals surface area (Å²) in [5.74, 6) is -1.57. The molecule has 0 fully saturated rings. The van der Waals surface area contributed by atoms with Gasteiger partial charge in [-0.1, -0.05) is 48.5 Å². The molecule has 5 heteroatoms. The van der Waals surface area contributed by atoms with Crippen molar-refractivity contribution in [2.45, 2.75) is 6.42 Å². The lowest BCUT2D eigenvalue weighted by Gasteiger charge is -2.08. The topological polar surface area (TPSA) is 55.4 Å². The highest BCUT2D eigenvalue weighted by atomic mass is 19.1. The maximum absolute atomic E-state index is 13.5. The number of esters is 1. The van der Waals surface area contributed by atoms with Crippen LogP contribution in [0.5, 0.6) is 0 Å². The summed E-state index contributed by atoms with van der Waals surface area (Å²) < 4.78 is 18.4. The first-order chi connectivity index (χ1) is 12.1. The number of ether oxygens (including phenoxy) is 1. The Morgan fingerprint density at radius 1 is 0.920 bits per heavy atom. The predicted octanol–water partition coefficient (Wildman–Crippen LogP) is 3.70. The minimum absolute atomic E-state index is 0.212. The molecule has 0 radical (unpaired) electrons. The molecule has 0 bridgehead atoms. The van der Waals surface area contributed by atoms with E-state index in [1.807, 2.05) is 36.4 Å². The van der Waals surface area contributed by atoms with Crippen LogP contribution in [-0.2, 0) is 20.7 Å². The molecule has 0 aliphatic carbocycles. The van der Waals surface area contributed by atoms with E-state index in [-0.39, 0.29) is 12.0 Å². The van der Waals surface area contributed by atoms with E-state index in [1.165, 1.54) is 12.1 Å². The Labute approximate surface area is 144 Å². The Kier molecular flexibility index (Phi) is 5.04. The van der Waals surface area contributed by atoms with Gasteiger partial charge in [0, 0.05) is 5.69 Å². The number of hydrogen-bond acceptors (Lipinski definition) is 3. The zero-order valence-electron chi connectivity index (χ0n) is 13.4. The lowest BCUT2D eigenvalue weighted by molar-refractivity contribution is -0.146. The minimum atomic E-state index is -0.654. The number of nitrogens with one attached hydrogen (secondary N) is 1. The van der Waals surface area contributed by atoms with Crippen LogP contribution in [0.1, 0.15) is 5.56 Å². The molecular formula is C20H16FNO3. The van der Waals surface area contributed by atoms with E-state index >= 15 is 0 Å². The van der Waals surface area contributed by atoms with Crippen LogP contribution in [0.4, 0.5) is 10.1 Å². The fourth-order valence-electron chi connectivity index (χ4n) is 2.46. The van der Waals surface area contributed by atoms with Gasteiger partial charge in [0.2, 0.25) is 0 Å². The molecule has 0 atom stereocenters. The van der Waals surface area contributed by atoms with Crippen LogP contribution in [0, 0.1) is 5.82 Å². The number of fused-ring (bicyclic) bond motifs is 1. The lowest BCUT2D eigenvalue weighted by Crippen LogP contribution is -2.21. The number of benzene rings is 3. The second kappa shape index (κ2) is 7.57. The Morgan fingerprint density at radius 3 is 2.44 bits per heavy atom. The van der Waals surface area contributed by atoms with Crippen LogP contribution < -0.4 is 5.32 Å². The SMILES string of the molecule is O=C(COC(=O)Cc1ccccc1F)Nc1ccc2ccccc2c1. The van der Waals surface area contributed by atoms with Gasteiger partial charge >= 0.3 is 5.97 Å². The van der Waals surface area contributed by atoms with Crippen LogP contribution in [0.25, 0.3) is 10.8 Å². The summed E-state index contributed by atoms with van der Waals surface area (Å²) in [7, 11) is 0. The Bertz CT molecular complexity index is 923. The van der Waals surface area contributed by atoms with E-state index in [2.05, 4.69) is 5.32 Å². The highest BCUT2D eigenvalue weighted by Gasteiger charge is 2.11. The molecule has 0 aliphatic rings. The zero-order valence-corrected chi connectivity index (χ0v) is 13.4. The molecule has 0 aliphatic heterocycles. The highest BCUT2D eigenvalue weighted by molar-refractivity contribution is 5.95. The number of carbonyl (C=O) groups excluding carboxylic acids is 2. The van der Waals surface area contributed by atoms with Gasteiger partial charge in [0.1, 0.15) is 5.82 Å². The number of halogens is 1. The van der Waals surface area contributed by atoms with Crippen molar-refractivity contribution in [2.75, 3.05) is 11.9 Å². The van der Waals surface area contributed by atoms with Crippen molar-refractivity contribution in [1.82, 2.24) is 0 Å². The third-order valence-electron chi connectivity index (χ3n) is 3.69. The molecule has 3 aromatic carbocycles. The summed E-state index contributed by atoms with van der Waals surface area (Å²) in [6.45, 7) is -0.417. The standard InChI is InChI=1S/C20H16FNO3/c21-18-8-4-3-7-16(18)12-20(24)25-13-19(23)22-17-10-9-14-5-1-2-6-15(14)11-17/h1-11H,12-13H2,(H,22,23). The number of anilines is 1. The fraction of sp³-hybridized carbons (Fsp3) is 0.100. The quantitative estimate of drug-likeness (QED) is 0.722. The molecule has 0 saturated heterocycles. The van der Waals surface area contributed by atoms with Crippen molar-refractivity contribution in [3.8, 4) is 0 Å². The van der Waals surface area contributed by atoms with E-state index in [1.54, 1.807) is 18.2 Å². The largest absolute Gasteiger partial charge is 0.455 e. The Hall–Kier alpha value is -3.21. The summed E-state index contributed by atoms with van der Waals surface area (Å²) in [6.07, 6.45) is -0.212. The monoisotopic (exact) mass is 337 g/mol. The number of carbonyl (C=O) groups is 2. The predicted molar refractivity (Wildman–Crippen MR) is 93.6 cm³/mol. The Balaban J connectivity index is 1.53. The first-order valence-corrected chi connectivity index (χ1v) is 7.79.